The summed E-state index contributed by atoms with van der Waals surface area (Å²) in [7, 11) is 3.07. The third kappa shape index (κ3) is 3.58. The van der Waals surface area contributed by atoms with Crippen molar-refractivity contribution in [1.82, 2.24) is 15.1 Å². The number of nitrogens with zero attached hydrogens (tertiary/aromatic N) is 2. The van der Waals surface area contributed by atoms with Crippen molar-refractivity contribution in [2.24, 2.45) is 0 Å². The maximum Gasteiger partial charge on any atom is 0.255 e. The van der Waals surface area contributed by atoms with Gasteiger partial charge >= 0.3 is 0 Å². The number of ether oxygens (including phenoxy) is 2. The summed E-state index contributed by atoms with van der Waals surface area (Å²) >= 11 is 0. The highest BCUT2D eigenvalue weighted by Crippen LogP contribution is 2.30. The zero-order chi connectivity index (χ0) is 15.9. The fourth-order valence-corrected chi connectivity index (χ4v) is 2.22. The van der Waals surface area contributed by atoms with Crippen LogP contribution in [0.3, 0.4) is 0 Å². The summed E-state index contributed by atoms with van der Waals surface area (Å²) < 4.78 is 12.4. The van der Waals surface area contributed by atoms with E-state index in [2.05, 4.69) is 10.4 Å². The minimum Gasteiger partial charge on any atom is -0.493 e. The number of nitrogens with one attached hydrogen (secondary N) is 1. The molecule has 0 saturated heterocycles. The van der Waals surface area contributed by atoms with Gasteiger partial charge in [0.15, 0.2) is 11.5 Å². The van der Waals surface area contributed by atoms with Crippen LogP contribution in [0.25, 0.3) is 0 Å². The summed E-state index contributed by atoms with van der Waals surface area (Å²) in [6.45, 7) is 3.35. The molecule has 2 rings (SSSR count). The molecule has 118 valence electrons. The number of hydrogen-bond acceptors (Lipinski definition) is 4. The Kier molecular flexibility index (Phi) is 5.41. The molecule has 0 spiro atoms. The van der Waals surface area contributed by atoms with E-state index < -0.39 is 0 Å². The molecular formula is C16H21N3O3. The van der Waals surface area contributed by atoms with Crippen LogP contribution < -0.4 is 14.8 Å². The molecule has 0 saturated carbocycles. The predicted molar refractivity (Wildman–Crippen MR) is 83.5 cm³/mol. The lowest BCUT2D eigenvalue weighted by molar-refractivity contribution is 0.0949. The predicted octanol–water partition coefficient (Wildman–Crippen LogP) is 2.03. The molecule has 0 unspecified atom stereocenters. The van der Waals surface area contributed by atoms with Crippen LogP contribution in [0, 0.1) is 6.92 Å². The van der Waals surface area contributed by atoms with Crippen molar-refractivity contribution in [3.63, 3.8) is 0 Å². The molecule has 0 bridgehead atoms. The Bertz CT molecular complexity index is 637. The lowest BCUT2D eigenvalue weighted by atomic mass is 10.1. The third-order valence-electron chi connectivity index (χ3n) is 3.41. The summed E-state index contributed by atoms with van der Waals surface area (Å²) in [5, 5.41) is 7.10. The molecule has 1 aromatic heterocycles. The van der Waals surface area contributed by atoms with Crippen molar-refractivity contribution in [2.45, 2.75) is 19.9 Å². The van der Waals surface area contributed by atoms with E-state index in [4.69, 9.17) is 9.47 Å². The molecular weight excluding hydrogens is 282 g/mol. The van der Waals surface area contributed by atoms with Crippen LogP contribution in [0.5, 0.6) is 11.5 Å². The van der Waals surface area contributed by atoms with Gasteiger partial charge < -0.3 is 14.8 Å². The van der Waals surface area contributed by atoms with Gasteiger partial charge in [-0.1, -0.05) is 6.07 Å². The van der Waals surface area contributed by atoms with Crippen molar-refractivity contribution in [3.8, 4) is 11.5 Å². The van der Waals surface area contributed by atoms with Crippen LogP contribution in [0.4, 0.5) is 0 Å². The number of amides is 1. The van der Waals surface area contributed by atoms with Gasteiger partial charge in [-0.3, -0.25) is 9.48 Å². The van der Waals surface area contributed by atoms with Crippen LogP contribution in [0.2, 0.25) is 0 Å². The van der Waals surface area contributed by atoms with Gasteiger partial charge in [-0.15, -0.1) is 0 Å². The average molecular weight is 303 g/mol. The largest absolute Gasteiger partial charge is 0.493 e. The van der Waals surface area contributed by atoms with E-state index >= 15 is 0 Å². The Morgan fingerprint density at radius 2 is 2.09 bits per heavy atom. The number of para-hydroxylation sites is 1. The normalized spacial score (nSPS) is 10.3. The van der Waals surface area contributed by atoms with Crippen molar-refractivity contribution in [3.05, 3.63) is 41.7 Å². The van der Waals surface area contributed by atoms with Gasteiger partial charge in [0.1, 0.15) is 0 Å². The fraction of sp³-hybridized carbons (Fsp3) is 0.375. The van der Waals surface area contributed by atoms with Crippen LogP contribution in [-0.2, 0) is 6.54 Å². The molecule has 1 heterocycles. The number of hydrogen-bond donors (Lipinski definition) is 1. The van der Waals surface area contributed by atoms with Crippen LogP contribution in [0.15, 0.2) is 30.5 Å². The third-order valence-corrected chi connectivity index (χ3v) is 3.41. The summed E-state index contributed by atoms with van der Waals surface area (Å²) in [6, 6.07) is 7.20. The van der Waals surface area contributed by atoms with Gasteiger partial charge in [-0.25, -0.2) is 0 Å². The lowest BCUT2D eigenvalue weighted by Crippen LogP contribution is -2.26. The molecule has 0 atom stereocenters. The first-order valence-electron chi connectivity index (χ1n) is 7.15. The number of aromatic nitrogens is 2. The van der Waals surface area contributed by atoms with E-state index in [1.807, 2.05) is 17.7 Å². The minimum absolute atomic E-state index is 0.173. The van der Waals surface area contributed by atoms with E-state index in [0.717, 1.165) is 18.7 Å². The summed E-state index contributed by atoms with van der Waals surface area (Å²) in [6.07, 6.45) is 2.58. The summed E-state index contributed by atoms with van der Waals surface area (Å²) in [4.78, 5) is 12.3. The van der Waals surface area contributed by atoms with Crippen LogP contribution >= 0.6 is 0 Å². The zero-order valence-corrected chi connectivity index (χ0v) is 13.1. The monoisotopic (exact) mass is 303 g/mol. The molecule has 6 heteroatoms. The number of benzene rings is 1. The van der Waals surface area contributed by atoms with Crippen LogP contribution in [0.1, 0.15) is 22.5 Å². The molecule has 1 amide bonds. The second kappa shape index (κ2) is 7.49. The molecule has 1 N–H and O–H groups in total. The fourth-order valence-electron chi connectivity index (χ4n) is 2.22. The van der Waals surface area contributed by atoms with Gasteiger partial charge in [0, 0.05) is 25.0 Å². The minimum atomic E-state index is -0.173. The molecule has 6 nitrogen and oxygen atoms in total. The first-order valence-corrected chi connectivity index (χ1v) is 7.15. The van der Waals surface area contributed by atoms with Gasteiger partial charge in [0.25, 0.3) is 5.91 Å². The Hall–Kier alpha value is -2.50. The Morgan fingerprint density at radius 3 is 2.73 bits per heavy atom. The maximum atomic E-state index is 12.3. The highest BCUT2D eigenvalue weighted by atomic mass is 16.5. The summed E-state index contributed by atoms with van der Waals surface area (Å²) in [5.74, 6) is 0.820. The Balaban J connectivity index is 1.91. The molecule has 0 radical (unpaired) electrons. The average Bonchev–Trinajstić information content (AvgIpc) is 2.95. The number of aryl methyl sites for hydroxylation is 2. The Labute approximate surface area is 130 Å². The summed E-state index contributed by atoms with van der Waals surface area (Å²) in [5.41, 5.74) is 1.58. The van der Waals surface area contributed by atoms with Gasteiger partial charge in [-0.05, 0) is 31.5 Å². The molecule has 0 fully saturated rings. The SMILES string of the molecule is COc1cccc(C(=O)NCCCn2nccc2C)c1OC. The second-order valence-corrected chi connectivity index (χ2v) is 4.85. The second-order valence-electron chi connectivity index (χ2n) is 4.85. The number of rotatable bonds is 7. The molecule has 1 aromatic carbocycles. The number of methoxy groups -OCH3 is 2. The molecule has 22 heavy (non-hydrogen) atoms. The zero-order valence-electron chi connectivity index (χ0n) is 13.1. The topological polar surface area (TPSA) is 65.4 Å². The van der Waals surface area contributed by atoms with E-state index in [9.17, 15) is 4.79 Å². The Morgan fingerprint density at radius 1 is 1.27 bits per heavy atom. The maximum absolute atomic E-state index is 12.3. The standard InChI is InChI=1S/C16H21N3O3/c1-12-8-10-18-19(12)11-5-9-17-16(20)13-6-4-7-14(21-2)15(13)22-3/h4,6-8,10H,5,9,11H2,1-3H3,(H,17,20). The smallest absolute Gasteiger partial charge is 0.255 e. The first kappa shape index (κ1) is 15.9. The van der Waals surface area contributed by atoms with Gasteiger partial charge in [0.05, 0.1) is 19.8 Å². The van der Waals surface area contributed by atoms with E-state index in [-0.39, 0.29) is 5.91 Å². The van der Waals surface area contributed by atoms with Crippen molar-refractivity contribution in [1.29, 1.82) is 0 Å². The molecule has 2 aromatic rings. The quantitative estimate of drug-likeness (QED) is 0.795. The highest BCUT2D eigenvalue weighted by Gasteiger charge is 2.15. The van der Waals surface area contributed by atoms with E-state index in [1.165, 1.54) is 7.11 Å². The van der Waals surface area contributed by atoms with Gasteiger partial charge in [0.2, 0.25) is 0 Å². The van der Waals surface area contributed by atoms with E-state index in [1.54, 1.807) is 31.5 Å². The lowest BCUT2D eigenvalue weighted by Gasteiger charge is -2.12. The number of carbonyl (C=O) groups excluding carboxylic acids is 1. The van der Waals surface area contributed by atoms with Gasteiger partial charge in [-0.2, -0.15) is 5.10 Å². The van der Waals surface area contributed by atoms with Crippen molar-refractivity contribution >= 4 is 5.91 Å². The molecule has 0 aliphatic carbocycles. The number of carbonyl (C=O) groups is 1. The van der Waals surface area contributed by atoms with E-state index in [0.29, 0.717) is 23.6 Å². The molecule has 0 aliphatic heterocycles. The van der Waals surface area contributed by atoms with Crippen molar-refractivity contribution in [2.75, 3.05) is 20.8 Å². The highest BCUT2D eigenvalue weighted by molar-refractivity contribution is 5.97. The molecule has 0 aliphatic rings. The first-order chi connectivity index (χ1) is 10.7. The van der Waals surface area contributed by atoms with Crippen molar-refractivity contribution < 1.29 is 14.3 Å². The van der Waals surface area contributed by atoms with Crippen LogP contribution in [-0.4, -0.2) is 36.5 Å².